The normalized spacial score (nSPS) is 17.1. The van der Waals surface area contributed by atoms with Gasteiger partial charge in [-0.25, -0.2) is 4.79 Å². The van der Waals surface area contributed by atoms with Crippen molar-refractivity contribution in [3.8, 4) is 5.75 Å². The summed E-state index contributed by atoms with van der Waals surface area (Å²) in [4.78, 5) is 11.3. The fourth-order valence-corrected chi connectivity index (χ4v) is 2.12. The average Bonchev–Trinajstić information content (AvgIpc) is 2.49. The van der Waals surface area contributed by atoms with Gasteiger partial charge in [0.05, 0.1) is 0 Å². The minimum atomic E-state index is -0.424. The minimum Gasteiger partial charge on any atom is -0.410 e. The van der Waals surface area contributed by atoms with Crippen LogP contribution < -0.4 is 15.4 Å². The van der Waals surface area contributed by atoms with Gasteiger partial charge in [-0.1, -0.05) is 19.9 Å². The summed E-state index contributed by atoms with van der Waals surface area (Å²) in [5, 5.41) is 5.91. The number of ether oxygens (including phenoxy) is 1. The van der Waals surface area contributed by atoms with Crippen molar-refractivity contribution in [2.24, 2.45) is 5.41 Å². The molecule has 0 aliphatic carbocycles. The van der Waals surface area contributed by atoms with Crippen molar-refractivity contribution in [3.63, 3.8) is 0 Å². The van der Waals surface area contributed by atoms with Gasteiger partial charge in [-0.2, -0.15) is 0 Å². The Hall–Kier alpha value is -1.71. The van der Waals surface area contributed by atoms with Crippen molar-refractivity contribution in [1.29, 1.82) is 0 Å². The molecule has 1 aliphatic heterocycles. The molecular formula is C14H20N2O2. The molecule has 2 N–H and O–H groups in total. The number of carbonyl (C=O) groups is 1. The van der Waals surface area contributed by atoms with Gasteiger partial charge in [-0.05, 0) is 30.4 Å². The van der Waals surface area contributed by atoms with Gasteiger partial charge in [0, 0.05) is 24.8 Å². The van der Waals surface area contributed by atoms with Gasteiger partial charge in [0.15, 0.2) is 0 Å². The van der Waals surface area contributed by atoms with E-state index in [0.29, 0.717) is 5.75 Å². The van der Waals surface area contributed by atoms with E-state index in [-0.39, 0.29) is 5.41 Å². The molecule has 18 heavy (non-hydrogen) atoms. The lowest BCUT2D eigenvalue weighted by molar-refractivity contribution is 0.202. The van der Waals surface area contributed by atoms with Crippen molar-refractivity contribution in [2.45, 2.75) is 26.7 Å². The maximum Gasteiger partial charge on any atom is 0.412 e. The second kappa shape index (κ2) is 4.88. The standard InChI is InChI=1S/C14H20N2O2/c1-14(2)8-7-10-11(16-9-14)5-4-6-12(10)18-13(17)15-3/h4-6,16H,7-9H2,1-3H3,(H,15,17). The average molecular weight is 248 g/mol. The molecule has 0 radical (unpaired) electrons. The third-order valence-corrected chi connectivity index (χ3v) is 3.35. The monoisotopic (exact) mass is 248 g/mol. The highest BCUT2D eigenvalue weighted by molar-refractivity contribution is 5.72. The number of fused-ring (bicyclic) bond motifs is 1. The van der Waals surface area contributed by atoms with Crippen LogP contribution in [-0.4, -0.2) is 19.7 Å². The SMILES string of the molecule is CNC(=O)Oc1cccc2c1CCC(C)(C)CN2. The van der Waals surface area contributed by atoms with Crippen LogP contribution >= 0.6 is 0 Å². The molecule has 0 aromatic heterocycles. The highest BCUT2D eigenvalue weighted by atomic mass is 16.6. The Balaban J connectivity index is 2.28. The van der Waals surface area contributed by atoms with Gasteiger partial charge < -0.3 is 15.4 Å². The molecule has 0 spiro atoms. The summed E-state index contributed by atoms with van der Waals surface area (Å²) in [6.45, 7) is 5.42. The van der Waals surface area contributed by atoms with Crippen LogP contribution in [0, 0.1) is 5.41 Å². The molecule has 1 amide bonds. The molecule has 0 unspecified atom stereocenters. The Kier molecular flexibility index (Phi) is 3.45. The fraction of sp³-hybridized carbons (Fsp3) is 0.500. The van der Waals surface area contributed by atoms with Crippen LogP contribution in [-0.2, 0) is 6.42 Å². The molecule has 98 valence electrons. The smallest absolute Gasteiger partial charge is 0.410 e. The Morgan fingerprint density at radius 1 is 1.44 bits per heavy atom. The summed E-state index contributed by atoms with van der Waals surface area (Å²) in [5.41, 5.74) is 2.41. The third-order valence-electron chi connectivity index (χ3n) is 3.35. The summed E-state index contributed by atoms with van der Waals surface area (Å²) in [5.74, 6) is 0.650. The predicted molar refractivity (Wildman–Crippen MR) is 72.1 cm³/mol. The van der Waals surface area contributed by atoms with E-state index in [4.69, 9.17) is 4.74 Å². The van der Waals surface area contributed by atoms with Crippen LogP contribution in [0.4, 0.5) is 10.5 Å². The largest absolute Gasteiger partial charge is 0.412 e. The van der Waals surface area contributed by atoms with E-state index in [9.17, 15) is 4.79 Å². The first-order valence-electron chi connectivity index (χ1n) is 6.27. The van der Waals surface area contributed by atoms with Crippen molar-refractivity contribution >= 4 is 11.8 Å². The van der Waals surface area contributed by atoms with Crippen molar-refractivity contribution in [3.05, 3.63) is 23.8 Å². The van der Waals surface area contributed by atoms with E-state index < -0.39 is 6.09 Å². The van der Waals surface area contributed by atoms with Crippen LogP contribution in [0.1, 0.15) is 25.8 Å². The molecule has 0 atom stereocenters. The van der Waals surface area contributed by atoms with E-state index in [1.807, 2.05) is 18.2 Å². The quantitative estimate of drug-likeness (QED) is 0.803. The topological polar surface area (TPSA) is 50.4 Å². The molecule has 0 saturated carbocycles. The molecular weight excluding hydrogens is 228 g/mol. The zero-order chi connectivity index (χ0) is 13.2. The molecule has 0 bridgehead atoms. The summed E-state index contributed by atoms with van der Waals surface area (Å²) >= 11 is 0. The van der Waals surface area contributed by atoms with Gasteiger partial charge >= 0.3 is 6.09 Å². The lowest BCUT2D eigenvalue weighted by Crippen LogP contribution is -2.22. The molecule has 0 fully saturated rings. The Bertz CT molecular complexity index is 455. The van der Waals surface area contributed by atoms with E-state index in [1.165, 1.54) is 0 Å². The number of rotatable bonds is 1. The number of hydrogen-bond donors (Lipinski definition) is 2. The van der Waals surface area contributed by atoms with E-state index in [0.717, 1.165) is 30.6 Å². The van der Waals surface area contributed by atoms with Crippen molar-refractivity contribution in [2.75, 3.05) is 18.9 Å². The minimum absolute atomic E-state index is 0.253. The van der Waals surface area contributed by atoms with Crippen LogP contribution in [0.15, 0.2) is 18.2 Å². The Morgan fingerprint density at radius 2 is 2.22 bits per heavy atom. The number of benzene rings is 1. The second-order valence-electron chi connectivity index (χ2n) is 5.44. The molecule has 1 aromatic rings. The van der Waals surface area contributed by atoms with Gasteiger partial charge in [-0.3, -0.25) is 0 Å². The predicted octanol–water partition coefficient (Wildman–Crippen LogP) is 2.79. The summed E-state index contributed by atoms with van der Waals surface area (Å²) < 4.78 is 5.30. The first-order valence-corrected chi connectivity index (χ1v) is 6.27. The Labute approximate surface area is 108 Å². The number of amides is 1. The summed E-state index contributed by atoms with van der Waals surface area (Å²) in [7, 11) is 1.56. The molecule has 1 aliphatic rings. The van der Waals surface area contributed by atoms with Crippen LogP contribution in [0.3, 0.4) is 0 Å². The fourth-order valence-electron chi connectivity index (χ4n) is 2.12. The number of nitrogens with one attached hydrogen (secondary N) is 2. The first-order chi connectivity index (χ1) is 8.52. The molecule has 1 heterocycles. The highest BCUT2D eigenvalue weighted by Gasteiger charge is 2.24. The third kappa shape index (κ3) is 2.75. The first kappa shape index (κ1) is 12.7. The van der Waals surface area contributed by atoms with Crippen LogP contribution in [0.5, 0.6) is 5.75 Å². The lowest BCUT2D eigenvalue weighted by atomic mass is 9.87. The molecule has 2 rings (SSSR count). The molecule has 1 aromatic carbocycles. The van der Waals surface area contributed by atoms with Gasteiger partial charge in [0.25, 0.3) is 0 Å². The number of anilines is 1. The van der Waals surface area contributed by atoms with E-state index >= 15 is 0 Å². The molecule has 4 heteroatoms. The summed E-state index contributed by atoms with van der Waals surface area (Å²) in [6, 6.07) is 5.78. The second-order valence-corrected chi connectivity index (χ2v) is 5.44. The van der Waals surface area contributed by atoms with Crippen molar-refractivity contribution in [1.82, 2.24) is 5.32 Å². The summed E-state index contributed by atoms with van der Waals surface area (Å²) in [6.07, 6.45) is 1.57. The lowest BCUT2D eigenvalue weighted by Gasteiger charge is -2.21. The van der Waals surface area contributed by atoms with Gasteiger partial charge in [0.2, 0.25) is 0 Å². The number of hydrogen-bond acceptors (Lipinski definition) is 3. The van der Waals surface area contributed by atoms with E-state index in [1.54, 1.807) is 7.05 Å². The van der Waals surface area contributed by atoms with Crippen LogP contribution in [0.25, 0.3) is 0 Å². The molecule has 0 saturated heterocycles. The number of carbonyl (C=O) groups excluding carboxylic acids is 1. The van der Waals surface area contributed by atoms with Gasteiger partial charge in [-0.15, -0.1) is 0 Å². The van der Waals surface area contributed by atoms with Gasteiger partial charge in [0.1, 0.15) is 5.75 Å². The zero-order valence-corrected chi connectivity index (χ0v) is 11.2. The molecule has 4 nitrogen and oxygen atoms in total. The van der Waals surface area contributed by atoms with E-state index in [2.05, 4.69) is 24.5 Å². The van der Waals surface area contributed by atoms with Crippen molar-refractivity contribution < 1.29 is 9.53 Å². The maximum atomic E-state index is 11.3. The maximum absolute atomic E-state index is 11.3. The zero-order valence-electron chi connectivity index (χ0n) is 11.2. The van der Waals surface area contributed by atoms with Crippen LogP contribution in [0.2, 0.25) is 0 Å². The highest BCUT2D eigenvalue weighted by Crippen LogP contribution is 2.35. The Morgan fingerprint density at radius 3 is 2.94 bits per heavy atom.